The summed E-state index contributed by atoms with van der Waals surface area (Å²) in [4.78, 5) is 28.0. The number of carbonyl (C=O) groups excluding carboxylic acids is 2. The lowest BCUT2D eigenvalue weighted by Crippen LogP contribution is -2.32. The fraction of sp³-hybridized carbons (Fsp3) is 0.333. The maximum atomic E-state index is 14.0. The van der Waals surface area contributed by atoms with Gasteiger partial charge < -0.3 is 5.11 Å². The molecule has 1 fully saturated rings. The van der Waals surface area contributed by atoms with Gasteiger partial charge in [-0.1, -0.05) is 49.4 Å². The molecule has 0 saturated heterocycles. The molecular weight excluding hydrogens is 535 g/mol. The van der Waals surface area contributed by atoms with Gasteiger partial charge in [0.1, 0.15) is 5.75 Å². The first-order valence-electron chi connectivity index (χ1n) is 12.0. The number of halogens is 1. The second kappa shape index (κ2) is 10.4. The lowest BCUT2D eigenvalue weighted by molar-refractivity contribution is 0.0813. The quantitative estimate of drug-likeness (QED) is 0.198. The van der Waals surface area contributed by atoms with E-state index < -0.39 is 0 Å². The molecule has 4 heteroatoms. The first-order chi connectivity index (χ1) is 16.3. The van der Waals surface area contributed by atoms with E-state index in [2.05, 4.69) is 55.5 Å². The summed E-state index contributed by atoms with van der Waals surface area (Å²) in [6.45, 7) is 6.37. The Hall–Kier alpha value is -2.47. The molecule has 1 saturated carbocycles. The molecule has 1 aliphatic rings. The lowest BCUT2D eigenvalue weighted by atomic mass is 9.69. The zero-order valence-electron chi connectivity index (χ0n) is 19.9. The van der Waals surface area contributed by atoms with Gasteiger partial charge in [-0.05, 0) is 103 Å². The molecule has 4 atom stereocenters. The van der Waals surface area contributed by atoms with Crippen molar-refractivity contribution < 1.29 is 14.7 Å². The van der Waals surface area contributed by atoms with E-state index in [1.54, 1.807) is 24.3 Å². The summed E-state index contributed by atoms with van der Waals surface area (Å²) in [7, 11) is 0. The molecule has 4 rings (SSSR count). The number of aromatic hydroxyl groups is 1. The molecule has 0 bridgehead atoms. The van der Waals surface area contributed by atoms with Crippen LogP contribution in [0.3, 0.4) is 0 Å². The molecule has 0 aromatic heterocycles. The molecule has 1 unspecified atom stereocenters. The molecule has 0 spiro atoms. The fourth-order valence-corrected chi connectivity index (χ4v) is 6.03. The van der Waals surface area contributed by atoms with Gasteiger partial charge in [0.25, 0.3) is 0 Å². The number of phenols is 1. The van der Waals surface area contributed by atoms with Crippen LogP contribution in [-0.4, -0.2) is 16.7 Å². The minimum Gasteiger partial charge on any atom is -0.508 e. The lowest BCUT2D eigenvalue weighted by Gasteiger charge is -2.32. The number of benzene rings is 3. The number of aryl methyl sites for hydroxylation is 1. The third-order valence-corrected chi connectivity index (χ3v) is 8.08. The standard InChI is InChI=1S/C30H31IO3/c1-18-13-14-26(29(33)22-9-6-11-24(32)17-22)28(25-12-4-7-19(2)20(25)3)27(15-18)30(34)21-8-5-10-23(31)16-21/h4-12,16-18,26-28,32H,13-15H2,1-3H3/t18?,26-,27-,28-/m0/s1. The Morgan fingerprint density at radius 3 is 2.21 bits per heavy atom. The van der Waals surface area contributed by atoms with Crippen LogP contribution in [0.4, 0.5) is 0 Å². The molecule has 3 aromatic carbocycles. The first-order valence-corrected chi connectivity index (χ1v) is 13.0. The normalized spacial score (nSPS) is 22.7. The molecule has 0 radical (unpaired) electrons. The van der Waals surface area contributed by atoms with Crippen LogP contribution in [-0.2, 0) is 0 Å². The number of hydrogen-bond donors (Lipinski definition) is 1. The largest absolute Gasteiger partial charge is 0.508 e. The predicted octanol–water partition coefficient (Wildman–Crippen LogP) is 7.52. The van der Waals surface area contributed by atoms with Gasteiger partial charge in [0.15, 0.2) is 11.6 Å². The van der Waals surface area contributed by atoms with E-state index >= 15 is 0 Å². The van der Waals surface area contributed by atoms with E-state index in [9.17, 15) is 14.7 Å². The number of ketones is 2. The topological polar surface area (TPSA) is 54.4 Å². The van der Waals surface area contributed by atoms with Crippen molar-refractivity contribution in [2.75, 3.05) is 0 Å². The summed E-state index contributed by atoms with van der Waals surface area (Å²) in [6.07, 6.45) is 2.38. The van der Waals surface area contributed by atoms with Gasteiger partial charge in [-0.15, -0.1) is 0 Å². The number of carbonyl (C=O) groups is 2. The Bertz CT molecular complexity index is 1220. The number of Topliss-reactive ketones (excluding diaryl/α,β-unsaturated/α-hetero) is 2. The highest BCUT2D eigenvalue weighted by atomic mass is 127. The molecule has 176 valence electrons. The molecule has 34 heavy (non-hydrogen) atoms. The smallest absolute Gasteiger partial charge is 0.166 e. The van der Waals surface area contributed by atoms with Crippen molar-refractivity contribution in [3.8, 4) is 5.75 Å². The van der Waals surface area contributed by atoms with Gasteiger partial charge in [0.05, 0.1) is 0 Å². The van der Waals surface area contributed by atoms with Gasteiger partial charge >= 0.3 is 0 Å². The Kier molecular flexibility index (Phi) is 7.56. The third-order valence-electron chi connectivity index (χ3n) is 7.41. The maximum absolute atomic E-state index is 14.0. The summed E-state index contributed by atoms with van der Waals surface area (Å²) < 4.78 is 1.03. The molecular formula is C30H31IO3. The van der Waals surface area contributed by atoms with E-state index in [0.717, 1.165) is 34.0 Å². The summed E-state index contributed by atoms with van der Waals surface area (Å²) in [5.41, 5.74) is 4.63. The van der Waals surface area contributed by atoms with Crippen LogP contribution >= 0.6 is 22.6 Å². The zero-order valence-corrected chi connectivity index (χ0v) is 22.1. The highest BCUT2D eigenvalue weighted by Crippen LogP contribution is 2.46. The van der Waals surface area contributed by atoms with Crippen LogP contribution in [0, 0.1) is 35.2 Å². The van der Waals surface area contributed by atoms with Crippen molar-refractivity contribution in [1.29, 1.82) is 0 Å². The second-order valence-electron chi connectivity index (χ2n) is 9.74. The average molecular weight is 566 g/mol. The molecule has 3 aromatic rings. The molecule has 0 amide bonds. The number of hydrogen-bond acceptors (Lipinski definition) is 3. The Labute approximate surface area is 215 Å². The van der Waals surface area contributed by atoms with E-state index in [-0.39, 0.29) is 35.1 Å². The highest BCUT2D eigenvalue weighted by molar-refractivity contribution is 14.1. The summed E-state index contributed by atoms with van der Waals surface area (Å²) in [5.74, 6) is -0.284. The van der Waals surface area contributed by atoms with E-state index in [4.69, 9.17) is 0 Å². The van der Waals surface area contributed by atoms with Crippen molar-refractivity contribution >= 4 is 34.2 Å². The highest BCUT2D eigenvalue weighted by Gasteiger charge is 2.42. The minimum absolute atomic E-state index is 0.0105. The average Bonchev–Trinajstić information content (AvgIpc) is 2.99. The van der Waals surface area contributed by atoms with Crippen LogP contribution in [0.5, 0.6) is 5.75 Å². The Balaban J connectivity index is 1.87. The van der Waals surface area contributed by atoms with Gasteiger partial charge in [-0.3, -0.25) is 9.59 Å². The Morgan fingerprint density at radius 2 is 1.50 bits per heavy atom. The Morgan fingerprint density at radius 1 is 0.853 bits per heavy atom. The van der Waals surface area contributed by atoms with Crippen LogP contribution in [0.2, 0.25) is 0 Å². The van der Waals surface area contributed by atoms with Gasteiger partial charge in [0.2, 0.25) is 0 Å². The van der Waals surface area contributed by atoms with Crippen molar-refractivity contribution in [3.05, 3.63) is 98.1 Å². The van der Waals surface area contributed by atoms with Gasteiger partial charge in [-0.2, -0.15) is 0 Å². The van der Waals surface area contributed by atoms with E-state index in [1.165, 1.54) is 5.56 Å². The zero-order chi connectivity index (χ0) is 24.4. The first kappa shape index (κ1) is 24.6. The molecule has 0 heterocycles. The second-order valence-corrected chi connectivity index (χ2v) is 11.0. The van der Waals surface area contributed by atoms with Crippen LogP contribution in [0.25, 0.3) is 0 Å². The summed E-state index contributed by atoms with van der Waals surface area (Å²) in [5, 5.41) is 10.0. The monoisotopic (exact) mass is 566 g/mol. The minimum atomic E-state index is -0.330. The summed E-state index contributed by atoms with van der Waals surface area (Å²) >= 11 is 2.24. The SMILES string of the molecule is Cc1cccc([C@H]2[C@@H](C(=O)c3cccc(O)c3)CCC(C)C[C@@H]2C(=O)c2cccc(I)c2)c1C. The van der Waals surface area contributed by atoms with E-state index in [1.807, 2.05) is 30.3 Å². The molecule has 1 aliphatic carbocycles. The van der Waals surface area contributed by atoms with Crippen molar-refractivity contribution in [1.82, 2.24) is 0 Å². The summed E-state index contributed by atoms with van der Waals surface area (Å²) in [6, 6.07) is 20.6. The number of phenolic OH excluding ortho intramolecular Hbond substituents is 1. The van der Waals surface area contributed by atoms with Crippen LogP contribution < -0.4 is 0 Å². The number of rotatable bonds is 5. The van der Waals surface area contributed by atoms with Crippen LogP contribution in [0.15, 0.2) is 66.7 Å². The van der Waals surface area contributed by atoms with Crippen molar-refractivity contribution in [2.45, 2.75) is 46.0 Å². The molecule has 1 N–H and O–H groups in total. The van der Waals surface area contributed by atoms with Crippen molar-refractivity contribution in [2.24, 2.45) is 17.8 Å². The predicted molar refractivity (Wildman–Crippen MR) is 145 cm³/mol. The molecule has 3 nitrogen and oxygen atoms in total. The van der Waals surface area contributed by atoms with Gasteiger partial charge in [0, 0.05) is 32.5 Å². The van der Waals surface area contributed by atoms with Gasteiger partial charge in [-0.25, -0.2) is 0 Å². The van der Waals surface area contributed by atoms with E-state index in [0.29, 0.717) is 17.0 Å². The van der Waals surface area contributed by atoms with Crippen molar-refractivity contribution in [3.63, 3.8) is 0 Å². The fourth-order valence-electron chi connectivity index (χ4n) is 5.48. The van der Waals surface area contributed by atoms with Crippen LogP contribution in [0.1, 0.15) is 69.5 Å². The molecule has 0 aliphatic heterocycles. The maximum Gasteiger partial charge on any atom is 0.166 e. The third kappa shape index (κ3) is 5.12.